The number of hydrogen-bond acceptors (Lipinski definition) is 2. The van der Waals surface area contributed by atoms with Crippen LogP contribution >= 0.6 is 0 Å². The van der Waals surface area contributed by atoms with E-state index in [9.17, 15) is 22.4 Å². The minimum absolute atomic E-state index is 0.120. The minimum atomic E-state index is -4.77. The lowest BCUT2D eigenvalue weighted by atomic mass is 10.0. The van der Waals surface area contributed by atoms with Gasteiger partial charge < -0.3 is 4.74 Å². The third-order valence-electron chi connectivity index (χ3n) is 2.59. The number of ether oxygens (including phenoxy) is 1. The highest BCUT2D eigenvalue weighted by Crippen LogP contribution is 2.31. The molecule has 0 saturated heterocycles. The molecule has 0 aliphatic heterocycles. The van der Waals surface area contributed by atoms with Crippen molar-refractivity contribution in [1.82, 2.24) is 0 Å². The van der Waals surface area contributed by atoms with Gasteiger partial charge in [0.05, 0.1) is 5.56 Å². The maximum absolute atomic E-state index is 13.3. The first-order chi connectivity index (χ1) is 8.81. The molecule has 6 heteroatoms. The van der Waals surface area contributed by atoms with Crippen LogP contribution in [0.2, 0.25) is 0 Å². The third-order valence-corrected chi connectivity index (χ3v) is 2.59. The van der Waals surface area contributed by atoms with E-state index in [1.165, 1.54) is 0 Å². The highest BCUT2D eigenvalue weighted by atomic mass is 19.4. The van der Waals surface area contributed by atoms with E-state index >= 15 is 0 Å². The molecular weight excluding hydrogens is 264 g/mol. The number of ketones is 1. The quantitative estimate of drug-likeness (QED) is 0.604. The van der Waals surface area contributed by atoms with Gasteiger partial charge in [-0.25, -0.2) is 4.39 Å². The summed E-state index contributed by atoms with van der Waals surface area (Å²) in [6.45, 7) is 3.70. The van der Waals surface area contributed by atoms with Crippen LogP contribution in [0.25, 0.3) is 0 Å². The summed E-state index contributed by atoms with van der Waals surface area (Å²) in [6, 6.07) is 2.14. The molecule has 2 nitrogen and oxygen atoms in total. The molecule has 0 aromatic heterocycles. The molecule has 0 N–H and O–H groups in total. The number of rotatable bonds is 5. The molecule has 1 atom stereocenters. The molecule has 1 aromatic rings. The largest absolute Gasteiger partial charge is 0.419 e. The van der Waals surface area contributed by atoms with Crippen molar-refractivity contribution in [2.75, 3.05) is 6.61 Å². The number of carbonyl (C=O) groups is 1. The zero-order chi connectivity index (χ0) is 14.6. The SMILES string of the molecule is CCOC(CC)C(=O)c1ccc(C(F)(F)F)c(F)c1. The Morgan fingerprint density at radius 3 is 2.37 bits per heavy atom. The van der Waals surface area contributed by atoms with E-state index in [2.05, 4.69) is 0 Å². The Balaban J connectivity index is 3.04. The predicted octanol–water partition coefficient (Wildman–Crippen LogP) is 3.84. The molecule has 0 heterocycles. The lowest BCUT2D eigenvalue weighted by Crippen LogP contribution is -2.24. The number of alkyl halides is 3. The van der Waals surface area contributed by atoms with Gasteiger partial charge in [-0.05, 0) is 25.5 Å². The van der Waals surface area contributed by atoms with Gasteiger partial charge in [0, 0.05) is 12.2 Å². The molecule has 106 valence electrons. The highest BCUT2D eigenvalue weighted by molar-refractivity contribution is 5.99. The van der Waals surface area contributed by atoms with E-state index in [1.54, 1.807) is 13.8 Å². The molecule has 1 unspecified atom stereocenters. The van der Waals surface area contributed by atoms with Crippen molar-refractivity contribution in [1.29, 1.82) is 0 Å². The highest BCUT2D eigenvalue weighted by Gasteiger charge is 2.34. The molecule has 0 fully saturated rings. The van der Waals surface area contributed by atoms with Crippen LogP contribution in [0, 0.1) is 5.82 Å². The first kappa shape index (κ1) is 15.6. The van der Waals surface area contributed by atoms with Crippen molar-refractivity contribution in [3.05, 3.63) is 35.1 Å². The van der Waals surface area contributed by atoms with Gasteiger partial charge >= 0.3 is 6.18 Å². The second kappa shape index (κ2) is 6.14. The van der Waals surface area contributed by atoms with Crippen LogP contribution in [0.1, 0.15) is 36.2 Å². The normalized spacial score (nSPS) is 13.4. The average molecular weight is 278 g/mol. The van der Waals surface area contributed by atoms with Crippen molar-refractivity contribution in [3.63, 3.8) is 0 Å². The number of carbonyl (C=O) groups excluding carboxylic acids is 1. The first-order valence-corrected chi connectivity index (χ1v) is 5.83. The van der Waals surface area contributed by atoms with E-state index in [0.29, 0.717) is 25.2 Å². The van der Waals surface area contributed by atoms with Crippen LogP contribution in [-0.4, -0.2) is 18.5 Å². The molecule has 0 aliphatic rings. The molecule has 0 bridgehead atoms. The molecule has 19 heavy (non-hydrogen) atoms. The van der Waals surface area contributed by atoms with Gasteiger partial charge in [0.2, 0.25) is 0 Å². The van der Waals surface area contributed by atoms with Crippen LogP contribution in [-0.2, 0) is 10.9 Å². The van der Waals surface area contributed by atoms with Gasteiger partial charge in [-0.2, -0.15) is 13.2 Å². The van der Waals surface area contributed by atoms with E-state index in [-0.39, 0.29) is 5.56 Å². The standard InChI is InChI=1S/C13H14F4O2/c1-3-11(19-4-2)12(18)8-5-6-9(10(14)7-8)13(15,16)17/h5-7,11H,3-4H2,1-2H3. The molecule has 0 aliphatic carbocycles. The maximum Gasteiger partial charge on any atom is 0.419 e. The van der Waals surface area contributed by atoms with E-state index in [4.69, 9.17) is 4.74 Å². The van der Waals surface area contributed by atoms with E-state index in [1.807, 2.05) is 0 Å². The Labute approximate surface area is 108 Å². The van der Waals surface area contributed by atoms with Crippen LogP contribution in [0.15, 0.2) is 18.2 Å². The number of Topliss-reactive ketones (excluding diaryl/α,β-unsaturated/α-hetero) is 1. The fourth-order valence-electron chi connectivity index (χ4n) is 1.66. The zero-order valence-electron chi connectivity index (χ0n) is 10.6. The van der Waals surface area contributed by atoms with Crippen LogP contribution in [0.5, 0.6) is 0 Å². The van der Waals surface area contributed by atoms with Crippen molar-refractivity contribution in [3.8, 4) is 0 Å². The summed E-state index contributed by atoms with van der Waals surface area (Å²) in [4.78, 5) is 11.9. The average Bonchev–Trinajstić information content (AvgIpc) is 2.33. The van der Waals surface area contributed by atoms with E-state index in [0.717, 1.165) is 6.07 Å². The lowest BCUT2D eigenvalue weighted by molar-refractivity contribution is -0.140. The Morgan fingerprint density at radius 1 is 1.32 bits per heavy atom. The molecule has 0 amide bonds. The molecule has 0 spiro atoms. The van der Waals surface area contributed by atoms with Gasteiger partial charge in [-0.15, -0.1) is 0 Å². The fourth-order valence-corrected chi connectivity index (χ4v) is 1.66. The third kappa shape index (κ3) is 3.76. The summed E-state index contributed by atoms with van der Waals surface area (Å²) in [5, 5.41) is 0. The molecule has 0 saturated carbocycles. The monoisotopic (exact) mass is 278 g/mol. The van der Waals surface area contributed by atoms with Crippen molar-refractivity contribution in [2.45, 2.75) is 32.5 Å². The summed E-state index contributed by atoms with van der Waals surface area (Å²) in [7, 11) is 0. The van der Waals surface area contributed by atoms with E-state index < -0.39 is 29.4 Å². The molecule has 0 radical (unpaired) electrons. The van der Waals surface area contributed by atoms with Gasteiger partial charge in [-0.1, -0.05) is 13.0 Å². The predicted molar refractivity (Wildman–Crippen MR) is 61.4 cm³/mol. The summed E-state index contributed by atoms with van der Waals surface area (Å²) in [5.74, 6) is -1.97. The van der Waals surface area contributed by atoms with Gasteiger partial charge in [0.25, 0.3) is 0 Å². The Kier molecular flexibility index (Phi) is 5.05. The summed E-state index contributed by atoms with van der Waals surface area (Å²) < 4.78 is 55.6. The maximum atomic E-state index is 13.3. The Morgan fingerprint density at radius 2 is 1.95 bits per heavy atom. The van der Waals surface area contributed by atoms with Gasteiger partial charge in [-0.3, -0.25) is 4.79 Å². The smallest absolute Gasteiger partial charge is 0.370 e. The van der Waals surface area contributed by atoms with Crippen LogP contribution in [0.4, 0.5) is 17.6 Å². The second-order valence-electron chi connectivity index (χ2n) is 3.91. The summed E-state index contributed by atoms with van der Waals surface area (Å²) in [6.07, 6.45) is -5.16. The number of benzene rings is 1. The summed E-state index contributed by atoms with van der Waals surface area (Å²) >= 11 is 0. The molecular formula is C13H14F4O2. The minimum Gasteiger partial charge on any atom is -0.370 e. The first-order valence-electron chi connectivity index (χ1n) is 5.83. The molecule has 1 rings (SSSR count). The van der Waals surface area contributed by atoms with Crippen molar-refractivity contribution in [2.24, 2.45) is 0 Å². The van der Waals surface area contributed by atoms with Gasteiger partial charge in [0.1, 0.15) is 11.9 Å². The van der Waals surface area contributed by atoms with Gasteiger partial charge in [0.15, 0.2) is 5.78 Å². The molecule has 1 aromatic carbocycles. The van der Waals surface area contributed by atoms with Crippen molar-refractivity contribution >= 4 is 5.78 Å². The number of hydrogen-bond donors (Lipinski definition) is 0. The Bertz CT molecular complexity index is 454. The summed E-state index contributed by atoms with van der Waals surface area (Å²) in [5.41, 5.74) is -1.50. The number of halogens is 4. The van der Waals surface area contributed by atoms with Crippen molar-refractivity contribution < 1.29 is 27.1 Å². The Hall–Kier alpha value is -1.43. The second-order valence-corrected chi connectivity index (χ2v) is 3.91. The zero-order valence-corrected chi connectivity index (χ0v) is 10.6. The topological polar surface area (TPSA) is 26.3 Å². The van der Waals surface area contributed by atoms with Crippen LogP contribution in [0.3, 0.4) is 0 Å². The lowest BCUT2D eigenvalue weighted by Gasteiger charge is -2.14. The fraction of sp³-hybridized carbons (Fsp3) is 0.462. The van der Waals surface area contributed by atoms with Crippen LogP contribution < -0.4 is 0 Å².